The third-order valence-electron chi connectivity index (χ3n) is 7.44. The molecule has 3 aromatic rings. The molecule has 1 aliphatic carbocycles. The third-order valence-corrected chi connectivity index (χ3v) is 7.44. The minimum Gasteiger partial charge on any atom is -0.340 e. The van der Waals surface area contributed by atoms with Gasteiger partial charge in [0.1, 0.15) is 17.7 Å². The number of hydrogen-bond donors (Lipinski definition) is 2. The van der Waals surface area contributed by atoms with Crippen LogP contribution in [0.2, 0.25) is 0 Å². The molecule has 0 fully saturated rings. The number of alkyl halides is 3. The second-order valence-corrected chi connectivity index (χ2v) is 10.1. The molecule has 0 saturated carbocycles. The van der Waals surface area contributed by atoms with E-state index in [2.05, 4.69) is 5.32 Å². The third kappa shape index (κ3) is 5.29. The number of carbonyl (C=O) groups is 2. The Hall–Kier alpha value is -4.25. The van der Waals surface area contributed by atoms with Crippen LogP contribution in [0.3, 0.4) is 0 Å². The lowest BCUT2D eigenvalue weighted by atomic mass is 9.74. The quantitative estimate of drug-likeness (QED) is 0.380. The summed E-state index contributed by atoms with van der Waals surface area (Å²) in [5, 5.41) is 7.53. The molecule has 1 unspecified atom stereocenters. The first-order valence-electron chi connectivity index (χ1n) is 13.3. The van der Waals surface area contributed by atoms with Crippen LogP contribution in [-0.2, 0) is 11.0 Å². The van der Waals surface area contributed by atoms with Gasteiger partial charge >= 0.3 is 6.18 Å². The van der Waals surface area contributed by atoms with E-state index in [1.165, 1.54) is 23.1 Å². The molecular formula is C30H29F4N5O2. The fraction of sp³-hybridized carbons (Fsp3) is 0.300. The normalized spacial score (nSPS) is 21.3. The van der Waals surface area contributed by atoms with Crippen molar-refractivity contribution in [2.45, 2.75) is 44.4 Å². The summed E-state index contributed by atoms with van der Waals surface area (Å²) in [7, 11) is 0. The highest BCUT2D eigenvalue weighted by Crippen LogP contribution is 2.47. The zero-order chi connectivity index (χ0) is 29.5. The van der Waals surface area contributed by atoms with Crippen LogP contribution in [0.4, 0.5) is 23.4 Å². The Morgan fingerprint density at radius 3 is 2.51 bits per heavy atom. The maximum absolute atomic E-state index is 14.1. The fourth-order valence-corrected chi connectivity index (χ4v) is 5.55. The lowest BCUT2D eigenvalue weighted by Gasteiger charge is -2.41. The summed E-state index contributed by atoms with van der Waals surface area (Å²) in [6.07, 6.45) is -0.0539. The van der Waals surface area contributed by atoms with Crippen LogP contribution in [0.15, 0.2) is 78.7 Å². The van der Waals surface area contributed by atoms with E-state index in [1.54, 1.807) is 24.6 Å². The Morgan fingerprint density at radius 2 is 1.90 bits per heavy atom. The molecule has 214 valence electrons. The Balaban J connectivity index is 1.66. The molecule has 4 atom stereocenters. The summed E-state index contributed by atoms with van der Waals surface area (Å²) in [5.74, 6) is -2.38. The summed E-state index contributed by atoms with van der Waals surface area (Å²) in [4.78, 5) is 29.0. The molecule has 11 heteroatoms. The van der Waals surface area contributed by atoms with E-state index in [9.17, 15) is 27.2 Å². The minimum atomic E-state index is -4.64. The number of anilines is 1. The number of hydrogen-bond acceptors (Lipinski definition) is 4. The molecule has 2 aliphatic rings. The van der Waals surface area contributed by atoms with Crippen molar-refractivity contribution in [3.8, 4) is 5.69 Å². The van der Waals surface area contributed by atoms with Crippen LogP contribution < -0.4 is 16.0 Å². The van der Waals surface area contributed by atoms with E-state index in [-0.39, 0.29) is 18.5 Å². The molecule has 41 heavy (non-hydrogen) atoms. The number of nitrogens with two attached hydrogens (primary N) is 1. The van der Waals surface area contributed by atoms with Gasteiger partial charge < -0.3 is 11.1 Å². The zero-order valence-corrected chi connectivity index (χ0v) is 22.4. The number of allylic oxidation sites excluding steroid dienone is 4. The summed E-state index contributed by atoms with van der Waals surface area (Å²) >= 11 is 0. The molecule has 0 saturated heterocycles. The van der Waals surface area contributed by atoms with Crippen molar-refractivity contribution in [1.29, 1.82) is 0 Å². The van der Waals surface area contributed by atoms with Crippen LogP contribution in [0.25, 0.3) is 5.69 Å². The first-order chi connectivity index (χ1) is 19.5. The van der Waals surface area contributed by atoms with Crippen molar-refractivity contribution < 1.29 is 27.2 Å². The van der Waals surface area contributed by atoms with E-state index >= 15 is 0 Å². The lowest BCUT2D eigenvalue weighted by Crippen LogP contribution is -2.56. The Labute approximate surface area is 234 Å². The molecule has 7 nitrogen and oxygen atoms in total. The topological polar surface area (TPSA) is 93.2 Å². The molecule has 0 spiro atoms. The maximum Gasteiger partial charge on any atom is 0.416 e. The largest absolute Gasteiger partial charge is 0.416 e. The Bertz CT molecular complexity index is 1530. The van der Waals surface area contributed by atoms with Crippen LogP contribution >= 0.6 is 0 Å². The van der Waals surface area contributed by atoms with E-state index in [0.717, 1.165) is 18.2 Å². The van der Waals surface area contributed by atoms with Crippen molar-refractivity contribution in [3.05, 3.63) is 101 Å². The van der Waals surface area contributed by atoms with Gasteiger partial charge in [-0.2, -0.15) is 18.3 Å². The number of nitrogens with zero attached hydrogens (tertiary/aromatic N) is 3. The van der Waals surface area contributed by atoms with E-state index in [1.807, 2.05) is 30.3 Å². The number of benzene rings is 2. The molecule has 5 rings (SSSR count). The van der Waals surface area contributed by atoms with E-state index < -0.39 is 53.3 Å². The Kier molecular flexibility index (Phi) is 7.56. The number of carbonyl (C=O) groups excluding carboxylic acids is 2. The van der Waals surface area contributed by atoms with Crippen LogP contribution in [0.1, 0.15) is 59.4 Å². The SMILES string of the molecule is CCN1C(=O)[C@@H](NC(=O)c2cccc(C(F)(F)F)c2)[C@@H](C2C=CC(F)=CC2)c2c([C@@H](C)N)nn(-c3ccccc3)c21. The lowest BCUT2D eigenvalue weighted by molar-refractivity contribution is -0.137. The summed E-state index contributed by atoms with van der Waals surface area (Å²) < 4.78 is 55.7. The van der Waals surface area contributed by atoms with Gasteiger partial charge in [0.05, 0.1) is 16.9 Å². The second kappa shape index (κ2) is 11.0. The van der Waals surface area contributed by atoms with Crippen molar-refractivity contribution in [1.82, 2.24) is 15.1 Å². The first-order valence-corrected chi connectivity index (χ1v) is 13.3. The van der Waals surface area contributed by atoms with Crippen LogP contribution in [0, 0.1) is 5.92 Å². The van der Waals surface area contributed by atoms with Gasteiger partial charge in [0.25, 0.3) is 11.8 Å². The van der Waals surface area contributed by atoms with Crippen LogP contribution in [0.5, 0.6) is 0 Å². The fourth-order valence-electron chi connectivity index (χ4n) is 5.55. The smallest absolute Gasteiger partial charge is 0.340 e. The van der Waals surface area contributed by atoms with Gasteiger partial charge in [0.2, 0.25) is 0 Å². The molecular weight excluding hydrogens is 538 g/mol. The van der Waals surface area contributed by atoms with Crippen LogP contribution in [-0.4, -0.2) is 34.2 Å². The predicted molar refractivity (Wildman–Crippen MR) is 146 cm³/mol. The average Bonchev–Trinajstić information content (AvgIpc) is 3.34. The molecule has 2 aromatic carbocycles. The number of halogens is 4. The van der Waals surface area contributed by atoms with Crippen molar-refractivity contribution in [2.24, 2.45) is 11.7 Å². The van der Waals surface area contributed by atoms with Crippen molar-refractivity contribution in [2.75, 3.05) is 11.4 Å². The summed E-state index contributed by atoms with van der Waals surface area (Å²) in [6.45, 7) is 3.76. The van der Waals surface area contributed by atoms with E-state index in [4.69, 9.17) is 10.8 Å². The molecule has 3 N–H and O–H groups in total. The van der Waals surface area contributed by atoms with Gasteiger partial charge in [-0.3, -0.25) is 14.5 Å². The number of nitrogens with one attached hydrogen (secondary N) is 1. The van der Waals surface area contributed by atoms with Gasteiger partial charge in [-0.15, -0.1) is 0 Å². The molecule has 2 amide bonds. The predicted octanol–water partition coefficient (Wildman–Crippen LogP) is 5.59. The number of amides is 2. The highest BCUT2D eigenvalue weighted by Gasteiger charge is 2.48. The molecule has 2 heterocycles. The van der Waals surface area contributed by atoms with Gasteiger partial charge in [-0.25, -0.2) is 9.07 Å². The Morgan fingerprint density at radius 1 is 1.17 bits per heavy atom. The minimum absolute atomic E-state index is 0.223. The number of likely N-dealkylation sites (N-methyl/N-ethyl adjacent to an activating group) is 1. The van der Waals surface area contributed by atoms with Crippen molar-refractivity contribution >= 4 is 17.6 Å². The first kappa shape index (κ1) is 28.3. The number of para-hydroxylation sites is 1. The molecule has 0 radical (unpaired) electrons. The van der Waals surface area contributed by atoms with Gasteiger partial charge in [0, 0.05) is 29.6 Å². The number of fused-ring (bicyclic) bond motifs is 1. The van der Waals surface area contributed by atoms with Gasteiger partial charge in [-0.1, -0.05) is 30.3 Å². The summed E-state index contributed by atoms with van der Waals surface area (Å²) in [5.41, 5.74) is 7.00. The van der Waals surface area contributed by atoms with Gasteiger partial charge in [0.15, 0.2) is 0 Å². The maximum atomic E-state index is 14.1. The standard InChI is InChI=1S/C30H29F4N5O2/c1-3-38-28-24(25(17(2)35)37-39(28)22-10-5-4-6-11-22)23(18-12-14-21(31)15-13-18)26(29(38)41)36-27(40)19-8-7-9-20(16-19)30(32,33)34/h4-12,14-18,23,26H,3,13,35H2,1-2H3,(H,36,40)/t17-,18?,23+,26+/m1/s1. The summed E-state index contributed by atoms with van der Waals surface area (Å²) in [6, 6.07) is 11.5. The molecule has 1 aliphatic heterocycles. The zero-order valence-electron chi connectivity index (χ0n) is 22.4. The monoisotopic (exact) mass is 567 g/mol. The van der Waals surface area contributed by atoms with E-state index in [0.29, 0.717) is 22.8 Å². The average molecular weight is 568 g/mol. The number of aromatic nitrogens is 2. The van der Waals surface area contributed by atoms with Gasteiger partial charge in [-0.05, 0) is 68.7 Å². The molecule has 1 aromatic heterocycles. The highest BCUT2D eigenvalue weighted by molar-refractivity contribution is 6.05. The highest BCUT2D eigenvalue weighted by atomic mass is 19.4. The molecule has 0 bridgehead atoms. The van der Waals surface area contributed by atoms with Crippen molar-refractivity contribution in [3.63, 3.8) is 0 Å². The number of rotatable bonds is 6. The second-order valence-electron chi connectivity index (χ2n) is 10.1.